The Bertz CT molecular complexity index is 576. The van der Waals surface area contributed by atoms with Crippen molar-refractivity contribution in [1.29, 1.82) is 0 Å². The molecule has 0 saturated heterocycles. The van der Waals surface area contributed by atoms with Crippen LogP contribution in [0.25, 0.3) is 10.8 Å². The number of rotatable bonds is 2. The molecule has 2 aromatic heterocycles. The molecule has 0 aliphatic carbocycles. The normalized spacial score (nSPS) is 10.7. The van der Waals surface area contributed by atoms with E-state index in [1.165, 1.54) is 11.3 Å². The van der Waals surface area contributed by atoms with Gasteiger partial charge in [-0.05, 0) is 35.9 Å². The van der Waals surface area contributed by atoms with E-state index in [4.69, 9.17) is 0 Å². The zero-order valence-electron chi connectivity index (χ0n) is 8.87. The van der Waals surface area contributed by atoms with Gasteiger partial charge < -0.3 is 4.98 Å². The lowest BCUT2D eigenvalue weighted by Gasteiger charge is -2.02. The highest BCUT2D eigenvalue weighted by Crippen LogP contribution is 2.20. The van der Waals surface area contributed by atoms with Gasteiger partial charge in [0.25, 0.3) is 5.56 Å². The van der Waals surface area contributed by atoms with Gasteiger partial charge in [-0.25, -0.2) is 9.97 Å². The topological polar surface area (TPSA) is 58.6 Å². The van der Waals surface area contributed by atoms with E-state index in [9.17, 15) is 4.79 Å². The smallest absolute Gasteiger partial charge is 0.264 e. The van der Waals surface area contributed by atoms with Gasteiger partial charge in [-0.15, -0.1) is 11.3 Å². The third-order valence-corrected chi connectivity index (χ3v) is 4.17. The zero-order valence-corrected chi connectivity index (χ0v) is 11.8. The molecule has 0 saturated carbocycles. The molecule has 0 aliphatic rings. The summed E-state index contributed by atoms with van der Waals surface area (Å²) in [6, 6.07) is 0. The van der Waals surface area contributed by atoms with Crippen LogP contribution in [0.3, 0.4) is 0 Å². The monoisotopic (exact) mass is 347 g/mol. The maximum atomic E-state index is 11.7. The van der Waals surface area contributed by atoms with Crippen molar-refractivity contribution in [1.82, 2.24) is 15.0 Å². The highest BCUT2D eigenvalue weighted by atomic mass is 127. The number of hydrogen-bond acceptors (Lipinski definition) is 4. The molecular weight excluding hydrogens is 337 g/mol. The Morgan fingerprint density at radius 3 is 2.81 bits per heavy atom. The van der Waals surface area contributed by atoms with Crippen LogP contribution >= 0.6 is 33.9 Å². The molecule has 0 radical (unpaired) electrons. The molecule has 0 unspecified atom stereocenters. The minimum absolute atomic E-state index is 0.0877. The minimum Gasteiger partial charge on any atom is -0.304 e. The quantitative estimate of drug-likeness (QED) is 0.849. The van der Waals surface area contributed by atoms with E-state index >= 15 is 0 Å². The Hall–Kier alpha value is -0.760. The second-order valence-corrected chi connectivity index (χ2v) is 5.26. The van der Waals surface area contributed by atoms with Gasteiger partial charge in [0.1, 0.15) is 0 Å². The summed E-state index contributed by atoms with van der Waals surface area (Å²) in [5, 5.41) is 2.71. The Morgan fingerprint density at radius 1 is 1.50 bits per heavy atom. The molecule has 2 rings (SSSR count). The van der Waals surface area contributed by atoms with E-state index < -0.39 is 0 Å². The molecule has 2 aromatic rings. The van der Waals surface area contributed by atoms with Gasteiger partial charge in [0.2, 0.25) is 0 Å². The number of nitrogens with zero attached hydrogens (tertiary/aromatic N) is 2. The second-order valence-electron chi connectivity index (χ2n) is 3.32. The number of aromatic nitrogens is 3. The first-order valence-corrected chi connectivity index (χ1v) is 6.79. The minimum atomic E-state index is -0.0877. The van der Waals surface area contributed by atoms with Crippen molar-refractivity contribution in [3.05, 3.63) is 30.7 Å². The molecule has 84 valence electrons. The van der Waals surface area contributed by atoms with Gasteiger partial charge in [0.15, 0.2) is 10.8 Å². The third kappa shape index (κ3) is 2.17. The summed E-state index contributed by atoms with van der Waals surface area (Å²) in [6.07, 6.45) is 0.750. The zero-order chi connectivity index (χ0) is 11.7. The molecule has 2 heterocycles. The lowest BCUT2D eigenvalue weighted by atomic mass is 10.3. The molecule has 4 nitrogen and oxygen atoms in total. The fourth-order valence-corrected chi connectivity index (χ4v) is 2.68. The third-order valence-electron chi connectivity index (χ3n) is 2.09. The van der Waals surface area contributed by atoms with E-state index in [0.717, 1.165) is 22.8 Å². The number of H-pyrrole nitrogens is 1. The number of aromatic amines is 1. The maximum absolute atomic E-state index is 11.7. The van der Waals surface area contributed by atoms with Crippen LogP contribution in [-0.2, 0) is 6.42 Å². The van der Waals surface area contributed by atoms with Crippen molar-refractivity contribution < 1.29 is 0 Å². The lowest BCUT2D eigenvalue weighted by molar-refractivity contribution is 0.965. The summed E-state index contributed by atoms with van der Waals surface area (Å²) in [4.78, 5) is 23.2. The number of thiazole rings is 1. The van der Waals surface area contributed by atoms with Gasteiger partial charge in [0.05, 0.1) is 9.26 Å². The number of nitrogens with one attached hydrogen (secondary N) is 1. The van der Waals surface area contributed by atoms with Crippen molar-refractivity contribution >= 4 is 33.9 Å². The first kappa shape index (κ1) is 11.7. The van der Waals surface area contributed by atoms with Crippen molar-refractivity contribution in [2.45, 2.75) is 20.3 Å². The average Bonchev–Trinajstić information content (AvgIpc) is 2.69. The van der Waals surface area contributed by atoms with Gasteiger partial charge in [0, 0.05) is 11.1 Å². The summed E-state index contributed by atoms with van der Waals surface area (Å²) in [5.41, 5.74) is 1.68. The summed E-state index contributed by atoms with van der Waals surface area (Å²) < 4.78 is 0.664. The molecule has 0 fully saturated rings. The average molecular weight is 347 g/mol. The maximum Gasteiger partial charge on any atom is 0.264 e. The van der Waals surface area contributed by atoms with Crippen LogP contribution in [-0.4, -0.2) is 15.0 Å². The van der Waals surface area contributed by atoms with E-state index in [0.29, 0.717) is 9.39 Å². The summed E-state index contributed by atoms with van der Waals surface area (Å²) in [6.45, 7) is 3.91. The van der Waals surface area contributed by atoms with Crippen LogP contribution in [0.4, 0.5) is 0 Å². The number of hydrogen-bond donors (Lipinski definition) is 1. The highest BCUT2D eigenvalue weighted by Gasteiger charge is 2.10. The van der Waals surface area contributed by atoms with E-state index in [2.05, 4.69) is 15.0 Å². The van der Waals surface area contributed by atoms with E-state index in [-0.39, 0.29) is 5.56 Å². The van der Waals surface area contributed by atoms with Gasteiger partial charge in [-0.1, -0.05) is 6.92 Å². The molecule has 0 spiro atoms. The summed E-state index contributed by atoms with van der Waals surface area (Å²) in [5.74, 6) is 0.570. The SMILES string of the molecule is CCc1nc(-c2nc(C)cs2)[nH]c(=O)c1I. The van der Waals surface area contributed by atoms with E-state index in [1.54, 1.807) is 0 Å². The predicted octanol–water partition coefficient (Wildman–Crippen LogP) is 2.37. The predicted molar refractivity (Wildman–Crippen MR) is 72.8 cm³/mol. The van der Waals surface area contributed by atoms with Crippen molar-refractivity contribution in [3.8, 4) is 10.8 Å². The van der Waals surface area contributed by atoms with Crippen LogP contribution < -0.4 is 5.56 Å². The Morgan fingerprint density at radius 2 is 2.25 bits per heavy atom. The fourth-order valence-electron chi connectivity index (χ4n) is 1.30. The Labute approximate surface area is 110 Å². The van der Waals surface area contributed by atoms with Crippen molar-refractivity contribution in [3.63, 3.8) is 0 Å². The Kier molecular flexibility index (Phi) is 3.38. The van der Waals surface area contributed by atoms with Crippen LogP contribution in [0.15, 0.2) is 10.2 Å². The lowest BCUT2D eigenvalue weighted by Crippen LogP contribution is -2.15. The fraction of sp³-hybridized carbons (Fsp3) is 0.300. The molecule has 1 N–H and O–H groups in total. The first-order chi connectivity index (χ1) is 7.61. The molecule has 0 amide bonds. The van der Waals surface area contributed by atoms with E-state index in [1.807, 2.05) is 41.8 Å². The standard InChI is InChI=1S/C10H10IN3OS/c1-3-6-7(11)9(15)14-8(13-6)10-12-5(2)4-16-10/h4H,3H2,1-2H3,(H,13,14,15). The van der Waals surface area contributed by atoms with Gasteiger partial charge in [-0.2, -0.15) is 0 Å². The summed E-state index contributed by atoms with van der Waals surface area (Å²) in [7, 11) is 0. The number of halogens is 1. The highest BCUT2D eigenvalue weighted by molar-refractivity contribution is 14.1. The van der Waals surface area contributed by atoms with Crippen LogP contribution in [0, 0.1) is 10.5 Å². The molecule has 16 heavy (non-hydrogen) atoms. The number of aryl methyl sites for hydroxylation is 2. The van der Waals surface area contributed by atoms with Crippen LogP contribution in [0.1, 0.15) is 18.3 Å². The van der Waals surface area contributed by atoms with Crippen molar-refractivity contribution in [2.75, 3.05) is 0 Å². The molecule has 0 aliphatic heterocycles. The van der Waals surface area contributed by atoms with Gasteiger partial charge >= 0.3 is 0 Å². The molecule has 6 heteroatoms. The molecule has 0 atom stereocenters. The van der Waals surface area contributed by atoms with Crippen LogP contribution in [0.2, 0.25) is 0 Å². The first-order valence-electron chi connectivity index (χ1n) is 4.83. The van der Waals surface area contributed by atoms with Gasteiger partial charge in [-0.3, -0.25) is 4.79 Å². The molecular formula is C10H10IN3OS. The largest absolute Gasteiger partial charge is 0.304 e. The van der Waals surface area contributed by atoms with Crippen LogP contribution in [0.5, 0.6) is 0 Å². The molecule has 0 aromatic carbocycles. The molecule has 0 bridgehead atoms. The van der Waals surface area contributed by atoms with Crippen molar-refractivity contribution in [2.24, 2.45) is 0 Å². The Balaban J connectivity index is 2.59. The second kappa shape index (κ2) is 4.62. The summed E-state index contributed by atoms with van der Waals surface area (Å²) >= 11 is 3.51.